The van der Waals surface area contributed by atoms with E-state index in [1.807, 2.05) is 13.0 Å². The van der Waals surface area contributed by atoms with Gasteiger partial charge in [0, 0.05) is 5.56 Å². The quantitative estimate of drug-likeness (QED) is 0.340. The minimum absolute atomic E-state index is 0.186. The van der Waals surface area contributed by atoms with Crippen molar-refractivity contribution in [2.75, 3.05) is 0 Å². The maximum Gasteiger partial charge on any atom is 0.328 e. The minimum Gasteiger partial charge on any atom is -0.361 e. The first kappa shape index (κ1) is 12.7. The molecule has 1 aromatic rings. The highest BCUT2D eigenvalue weighted by Gasteiger charge is 2.29. The molecule has 0 unspecified atom stereocenters. The Morgan fingerprint density at radius 2 is 2.17 bits per heavy atom. The molecule has 18 heavy (non-hydrogen) atoms. The molecule has 0 saturated carbocycles. The van der Waals surface area contributed by atoms with Crippen LogP contribution in [0.1, 0.15) is 53.7 Å². The number of carbonyl (C=O) groups is 1. The molecule has 1 aliphatic carbocycles. The molecule has 0 atom stereocenters. The first-order chi connectivity index (χ1) is 8.47. The monoisotopic (exact) mass is 242 g/mol. The van der Waals surface area contributed by atoms with E-state index >= 15 is 0 Å². The van der Waals surface area contributed by atoms with Crippen molar-refractivity contribution in [3.8, 4) is 0 Å². The Labute approximate surface area is 107 Å². The van der Waals surface area contributed by atoms with E-state index in [0.717, 1.165) is 24.6 Å². The second-order valence-electron chi connectivity index (χ2n) is 5.61. The van der Waals surface area contributed by atoms with Gasteiger partial charge in [-0.3, -0.25) is 4.79 Å². The zero-order chi connectivity index (χ0) is 13.3. The fourth-order valence-electron chi connectivity index (χ4n) is 2.94. The van der Waals surface area contributed by atoms with Crippen LogP contribution >= 0.6 is 0 Å². The van der Waals surface area contributed by atoms with E-state index in [-0.39, 0.29) is 11.2 Å². The molecule has 3 heteroatoms. The third-order valence-corrected chi connectivity index (χ3v) is 4.00. The number of benzene rings is 1. The lowest BCUT2D eigenvalue weighted by atomic mass is 9.71. The number of rotatable bonds is 2. The van der Waals surface area contributed by atoms with Crippen LogP contribution in [0.2, 0.25) is 0 Å². The fourth-order valence-corrected chi connectivity index (χ4v) is 2.94. The molecule has 0 radical (unpaired) electrons. The average Bonchev–Trinajstić information content (AvgIpc) is 2.30. The summed E-state index contributed by atoms with van der Waals surface area (Å²) in [6, 6.07) is 3.91. The predicted octanol–water partition coefficient (Wildman–Crippen LogP) is 3.09. The SMILES string of the molecule is Cc1c(C(=O)C=[N+]=[N-])ccc2c1CCCC2(C)C. The van der Waals surface area contributed by atoms with Gasteiger partial charge in [-0.2, -0.15) is 4.79 Å². The molecule has 1 aromatic carbocycles. The molecular formula is C15H18N2O. The molecule has 0 aliphatic heterocycles. The first-order valence-electron chi connectivity index (χ1n) is 6.32. The van der Waals surface area contributed by atoms with Crippen LogP contribution in [0.3, 0.4) is 0 Å². The van der Waals surface area contributed by atoms with Gasteiger partial charge < -0.3 is 5.53 Å². The van der Waals surface area contributed by atoms with Crippen LogP contribution in [0.4, 0.5) is 0 Å². The van der Waals surface area contributed by atoms with E-state index in [2.05, 4.69) is 24.7 Å². The van der Waals surface area contributed by atoms with Gasteiger partial charge in [0.2, 0.25) is 0 Å². The van der Waals surface area contributed by atoms with Gasteiger partial charge in [-0.15, -0.1) is 0 Å². The highest BCUT2D eigenvalue weighted by molar-refractivity contribution is 6.34. The van der Waals surface area contributed by atoms with Crippen molar-refractivity contribution in [2.45, 2.75) is 45.4 Å². The van der Waals surface area contributed by atoms with E-state index in [1.165, 1.54) is 17.5 Å². The van der Waals surface area contributed by atoms with Crippen LogP contribution in [0.5, 0.6) is 0 Å². The number of ketones is 1. The van der Waals surface area contributed by atoms with Gasteiger partial charge >= 0.3 is 6.21 Å². The number of carbonyl (C=O) groups excluding carboxylic acids is 1. The largest absolute Gasteiger partial charge is 0.361 e. The van der Waals surface area contributed by atoms with Crippen molar-refractivity contribution in [2.24, 2.45) is 0 Å². The van der Waals surface area contributed by atoms with Crippen LogP contribution in [-0.4, -0.2) is 16.8 Å². The van der Waals surface area contributed by atoms with Crippen molar-refractivity contribution >= 4 is 12.0 Å². The normalized spacial score (nSPS) is 16.6. The smallest absolute Gasteiger partial charge is 0.328 e. The Hall–Kier alpha value is -1.73. The summed E-state index contributed by atoms with van der Waals surface area (Å²) >= 11 is 0. The van der Waals surface area contributed by atoms with Gasteiger partial charge in [0.1, 0.15) is 0 Å². The topological polar surface area (TPSA) is 53.5 Å². The lowest BCUT2D eigenvalue weighted by molar-refractivity contribution is 0.00234. The lowest BCUT2D eigenvalue weighted by Gasteiger charge is -2.33. The van der Waals surface area contributed by atoms with Crippen LogP contribution in [0, 0.1) is 6.92 Å². The molecule has 94 valence electrons. The zero-order valence-corrected chi connectivity index (χ0v) is 11.2. The fraction of sp³-hybridized carbons (Fsp3) is 0.467. The molecule has 0 heterocycles. The Kier molecular flexibility index (Phi) is 3.18. The highest BCUT2D eigenvalue weighted by Crippen LogP contribution is 2.38. The van der Waals surface area contributed by atoms with Gasteiger partial charge in [-0.1, -0.05) is 26.0 Å². The Morgan fingerprint density at radius 3 is 2.83 bits per heavy atom. The minimum atomic E-state index is -0.235. The number of hydrogen-bond donors (Lipinski definition) is 0. The van der Waals surface area contributed by atoms with E-state index in [0.29, 0.717) is 5.56 Å². The predicted molar refractivity (Wildman–Crippen MR) is 71.2 cm³/mol. The number of fused-ring (bicyclic) bond motifs is 1. The van der Waals surface area contributed by atoms with Crippen molar-refractivity contribution in [1.82, 2.24) is 0 Å². The Morgan fingerprint density at radius 1 is 1.44 bits per heavy atom. The van der Waals surface area contributed by atoms with Crippen LogP contribution in [-0.2, 0) is 11.8 Å². The third kappa shape index (κ3) is 2.02. The van der Waals surface area contributed by atoms with Gasteiger partial charge in [0.05, 0.1) is 0 Å². The first-order valence-corrected chi connectivity index (χ1v) is 6.32. The third-order valence-electron chi connectivity index (χ3n) is 4.00. The Bertz CT molecular complexity index is 552. The average molecular weight is 242 g/mol. The summed E-state index contributed by atoms with van der Waals surface area (Å²) in [5.74, 6) is -0.235. The molecule has 3 nitrogen and oxygen atoms in total. The number of Topliss-reactive ketones (excluding diaryl/α,β-unsaturated/α-hetero) is 1. The Balaban J connectivity index is 2.58. The van der Waals surface area contributed by atoms with Crippen molar-refractivity contribution in [3.63, 3.8) is 0 Å². The molecule has 2 rings (SSSR count). The van der Waals surface area contributed by atoms with Crippen molar-refractivity contribution < 1.29 is 9.58 Å². The second kappa shape index (κ2) is 4.51. The summed E-state index contributed by atoms with van der Waals surface area (Å²) in [5, 5.41) is 0. The second-order valence-corrected chi connectivity index (χ2v) is 5.61. The summed E-state index contributed by atoms with van der Waals surface area (Å²) < 4.78 is 0. The van der Waals surface area contributed by atoms with E-state index in [4.69, 9.17) is 5.53 Å². The summed E-state index contributed by atoms with van der Waals surface area (Å²) in [4.78, 5) is 14.6. The molecule has 0 spiro atoms. The highest BCUT2D eigenvalue weighted by atomic mass is 16.1. The molecule has 0 bridgehead atoms. The molecule has 1 aliphatic rings. The van der Waals surface area contributed by atoms with Gasteiger partial charge in [0.15, 0.2) is 0 Å². The molecule has 0 amide bonds. The van der Waals surface area contributed by atoms with Gasteiger partial charge in [-0.25, -0.2) is 0 Å². The van der Waals surface area contributed by atoms with Crippen LogP contribution in [0.15, 0.2) is 12.1 Å². The summed E-state index contributed by atoms with van der Waals surface area (Å²) in [7, 11) is 0. The standard InChI is InChI=1S/C15H18N2O/c1-10-11-5-4-8-15(2,3)13(11)7-6-12(10)14(18)9-17-16/h6-7,9H,4-5,8H2,1-3H3. The zero-order valence-electron chi connectivity index (χ0n) is 11.2. The molecule has 0 N–H and O–H groups in total. The van der Waals surface area contributed by atoms with Crippen LogP contribution in [0.25, 0.3) is 5.53 Å². The maximum absolute atomic E-state index is 11.8. The summed E-state index contributed by atoms with van der Waals surface area (Å²) in [6.07, 6.45) is 4.34. The summed E-state index contributed by atoms with van der Waals surface area (Å²) in [6.45, 7) is 6.49. The van der Waals surface area contributed by atoms with Crippen molar-refractivity contribution in [1.29, 1.82) is 0 Å². The maximum atomic E-state index is 11.8. The van der Waals surface area contributed by atoms with E-state index in [1.54, 1.807) is 0 Å². The number of hydrogen-bond acceptors (Lipinski definition) is 1. The van der Waals surface area contributed by atoms with Gasteiger partial charge in [0.25, 0.3) is 5.78 Å². The van der Waals surface area contributed by atoms with Crippen LogP contribution < -0.4 is 0 Å². The summed E-state index contributed by atoms with van der Waals surface area (Å²) in [5.41, 5.74) is 13.0. The lowest BCUT2D eigenvalue weighted by Crippen LogP contribution is -2.25. The van der Waals surface area contributed by atoms with Gasteiger partial charge in [-0.05, 0) is 48.3 Å². The van der Waals surface area contributed by atoms with E-state index in [9.17, 15) is 4.79 Å². The van der Waals surface area contributed by atoms with E-state index < -0.39 is 0 Å². The molecule has 0 fully saturated rings. The van der Waals surface area contributed by atoms with Crippen molar-refractivity contribution in [3.05, 3.63) is 39.9 Å². The molecule has 0 aromatic heterocycles. The molecule has 0 saturated heterocycles. The number of nitrogens with zero attached hydrogens (tertiary/aromatic N) is 2. The molecular weight excluding hydrogens is 224 g/mol.